The molecule has 4 aromatic heterocycles. The summed E-state index contributed by atoms with van der Waals surface area (Å²) in [7, 11) is -2.16. The van der Waals surface area contributed by atoms with Crippen molar-refractivity contribution >= 4 is 50.9 Å². The molecule has 1 N–H and O–H groups in total. The SMILES string of the molecule is C=[N+]([O-])c1ncc(CN(c2cnc3cc(N4CCOCC4)nc(O[C@H]4CC[C@@H](Nc5ccc(F)c(C)n5)CC4)c3c2)S(C)(=O)=O)n1C. The average Bonchev–Trinajstić information content (AvgIpc) is 3.42. The largest absolute Gasteiger partial charge is 0.741 e. The molecular formula is C31H38FN9O5S. The van der Waals surface area contributed by atoms with Crippen LogP contribution in [0.15, 0.2) is 36.7 Å². The number of pyridine rings is 3. The van der Waals surface area contributed by atoms with Crippen molar-refractivity contribution in [3.05, 3.63) is 59.1 Å². The number of imidazole rings is 1. The van der Waals surface area contributed by atoms with E-state index in [4.69, 9.17) is 14.5 Å². The molecule has 0 amide bonds. The first-order valence-corrected chi connectivity index (χ1v) is 17.3. The summed E-state index contributed by atoms with van der Waals surface area (Å²) in [6.45, 7) is 7.40. The zero-order chi connectivity index (χ0) is 33.3. The second-order valence-electron chi connectivity index (χ2n) is 11.9. The normalized spacial score (nSPS) is 18.7. The van der Waals surface area contributed by atoms with E-state index >= 15 is 0 Å². The third-order valence-corrected chi connectivity index (χ3v) is 9.69. The molecule has 4 aromatic rings. The fraction of sp³-hybridized carbons (Fsp3) is 0.452. The van der Waals surface area contributed by atoms with E-state index in [1.54, 1.807) is 26.1 Å². The molecule has 0 unspecified atom stereocenters. The highest BCUT2D eigenvalue weighted by Gasteiger charge is 2.28. The Morgan fingerprint density at radius 1 is 1.15 bits per heavy atom. The van der Waals surface area contributed by atoms with Crippen LogP contribution >= 0.6 is 0 Å². The quantitative estimate of drug-likeness (QED) is 0.114. The molecule has 1 saturated carbocycles. The van der Waals surface area contributed by atoms with Gasteiger partial charge < -0.3 is 24.9 Å². The maximum Gasteiger partial charge on any atom is 0.398 e. The Balaban J connectivity index is 1.28. The predicted molar refractivity (Wildman–Crippen MR) is 176 cm³/mol. The van der Waals surface area contributed by atoms with E-state index in [9.17, 15) is 18.0 Å². The molecule has 0 atom stereocenters. The zero-order valence-electron chi connectivity index (χ0n) is 26.6. The summed E-state index contributed by atoms with van der Waals surface area (Å²) in [4.78, 5) is 20.1. The summed E-state index contributed by atoms with van der Waals surface area (Å²) in [5.41, 5.74) is 1.77. The van der Waals surface area contributed by atoms with Crippen molar-refractivity contribution in [2.45, 2.75) is 51.3 Å². The van der Waals surface area contributed by atoms with Gasteiger partial charge in [-0.1, -0.05) is 4.98 Å². The number of morpholine rings is 1. The first-order valence-electron chi connectivity index (χ1n) is 15.4. The number of aromatic nitrogens is 5. The van der Waals surface area contributed by atoms with Crippen molar-refractivity contribution in [3.8, 4) is 5.88 Å². The average molecular weight is 668 g/mol. The second-order valence-corrected chi connectivity index (χ2v) is 13.8. The van der Waals surface area contributed by atoms with Crippen molar-refractivity contribution in [1.29, 1.82) is 0 Å². The number of ether oxygens (including phenoxy) is 2. The number of fused-ring (bicyclic) bond motifs is 1. The van der Waals surface area contributed by atoms with Gasteiger partial charge in [-0.2, -0.15) is 4.98 Å². The molecule has 47 heavy (non-hydrogen) atoms. The summed E-state index contributed by atoms with van der Waals surface area (Å²) in [6.07, 6.45) is 7.06. The molecule has 250 valence electrons. The van der Waals surface area contributed by atoms with Crippen molar-refractivity contribution in [1.82, 2.24) is 24.5 Å². The van der Waals surface area contributed by atoms with Crippen LogP contribution in [0.4, 0.5) is 27.7 Å². The first-order chi connectivity index (χ1) is 22.5. The predicted octanol–water partition coefficient (Wildman–Crippen LogP) is 3.65. The molecule has 14 nitrogen and oxygen atoms in total. The molecule has 16 heteroatoms. The molecule has 0 radical (unpaired) electrons. The molecular weight excluding hydrogens is 629 g/mol. The molecule has 1 saturated heterocycles. The Kier molecular flexibility index (Phi) is 9.14. The Morgan fingerprint density at radius 3 is 2.55 bits per heavy atom. The fourth-order valence-electron chi connectivity index (χ4n) is 5.93. The van der Waals surface area contributed by atoms with Crippen LogP contribution in [0.1, 0.15) is 37.1 Å². The Labute approximate surface area is 272 Å². The van der Waals surface area contributed by atoms with Gasteiger partial charge in [0.1, 0.15) is 35.4 Å². The van der Waals surface area contributed by atoms with Crippen LogP contribution in [-0.4, -0.2) is 89.1 Å². The van der Waals surface area contributed by atoms with E-state index in [2.05, 4.69) is 31.9 Å². The van der Waals surface area contributed by atoms with Crippen LogP contribution in [0, 0.1) is 17.9 Å². The number of halogens is 1. The molecule has 1 aliphatic carbocycles. The van der Waals surface area contributed by atoms with Crippen LogP contribution < -0.4 is 19.3 Å². The van der Waals surface area contributed by atoms with Gasteiger partial charge in [0, 0.05) is 31.9 Å². The lowest BCUT2D eigenvalue weighted by Crippen LogP contribution is -2.37. The van der Waals surface area contributed by atoms with Crippen LogP contribution in [0.2, 0.25) is 0 Å². The van der Waals surface area contributed by atoms with Gasteiger partial charge >= 0.3 is 5.95 Å². The van der Waals surface area contributed by atoms with Crippen LogP contribution in [0.25, 0.3) is 10.9 Å². The lowest BCUT2D eigenvalue weighted by atomic mass is 9.93. The van der Waals surface area contributed by atoms with E-state index < -0.39 is 10.0 Å². The van der Waals surface area contributed by atoms with E-state index in [0.717, 1.165) is 31.9 Å². The maximum absolute atomic E-state index is 13.7. The minimum Gasteiger partial charge on any atom is -0.741 e. The van der Waals surface area contributed by atoms with Crippen molar-refractivity contribution < 1.29 is 27.0 Å². The standard InChI is InChI=1S/C31H38FN9O5S/c1-20-26(32)9-10-28(35-20)36-21-5-7-24(8-6-21)46-30-25-15-22(17-33-27(25)16-29(37-30)40-11-13-45-14-12-40)41(47(4,43)44)19-23-18-34-31(38(23)2)39(3)42/h9-10,15-18,21,24H,3,5-8,11-14,19H2,1-2,4H3,(H,35,36)/t21-,24+. The van der Waals surface area contributed by atoms with E-state index in [1.807, 2.05) is 6.07 Å². The Morgan fingerprint density at radius 2 is 1.89 bits per heavy atom. The van der Waals surface area contributed by atoms with Crippen LogP contribution in [0.3, 0.4) is 0 Å². The minimum absolute atomic E-state index is 0.0505. The summed E-state index contributed by atoms with van der Waals surface area (Å²) < 4.78 is 55.0. The number of aryl methyl sites for hydroxylation is 1. The number of rotatable bonds is 10. The highest BCUT2D eigenvalue weighted by Crippen LogP contribution is 2.34. The Hall–Kier alpha value is -4.57. The Bertz CT molecular complexity index is 1890. The van der Waals surface area contributed by atoms with Gasteiger partial charge in [0.25, 0.3) is 0 Å². The summed E-state index contributed by atoms with van der Waals surface area (Å²) in [5.74, 6) is 1.45. The van der Waals surface area contributed by atoms with Crippen molar-refractivity contribution in [2.24, 2.45) is 7.05 Å². The van der Waals surface area contributed by atoms with Gasteiger partial charge in [0.15, 0.2) is 0 Å². The fourth-order valence-corrected chi connectivity index (χ4v) is 6.78. The van der Waals surface area contributed by atoms with Gasteiger partial charge in [0.2, 0.25) is 15.9 Å². The summed E-state index contributed by atoms with van der Waals surface area (Å²) in [6, 6.07) is 6.84. The van der Waals surface area contributed by atoms with Gasteiger partial charge in [-0.3, -0.25) is 14.0 Å². The topological polar surface area (TPSA) is 154 Å². The first kappa shape index (κ1) is 32.4. The van der Waals surface area contributed by atoms with E-state index in [1.165, 1.54) is 27.3 Å². The van der Waals surface area contributed by atoms with Crippen LogP contribution in [-0.2, 0) is 28.4 Å². The molecule has 0 spiro atoms. The second kappa shape index (κ2) is 13.3. The number of anilines is 3. The number of nitrogens with one attached hydrogen (secondary N) is 1. The lowest BCUT2D eigenvalue weighted by Gasteiger charge is -2.31. The molecule has 6 rings (SSSR count). The van der Waals surface area contributed by atoms with Crippen molar-refractivity contribution in [3.63, 3.8) is 0 Å². The van der Waals surface area contributed by atoms with Crippen molar-refractivity contribution in [2.75, 3.05) is 47.1 Å². The van der Waals surface area contributed by atoms with E-state index in [0.29, 0.717) is 76.5 Å². The number of hydrogen-bond donors (Lipinski definition) is 1. The molecule has 0 bridgehead atoms. The number of nitrogens with zero attached hydrogens (tertiary/aromatic N) is 8. The molecule has 0 aromatic carbocycles. The lowest BCUT2D eigenvalue weighted by molar-refractivity contribution is -0.362. The van der Waals surface area contributed by atoms with Crippen LogP contribution in [0.5, 0.6) is 5.88 Å². The van der Waals surface area contributed by atoms with E-state index in [-0.39, 0.29) is 30.5 Å². The van der Waals surface area contributed by atoms with Gasteiger partial charge in [0.05, 0.1) is 61.5 Å². The van der Waals surface area contributed by atoms with Gasteiger partial charge in [-0.25, -0.2) is 22.4 Å². The summed E-state index contributed by atoms with van der Waals surface area (Å²) >= 11 is 0. The molecule has 2 aliphatic rings. The minimum atomic E-state index is -3.79. The molecule has 2 fully saturated rings. The van der Waals surface area contributed by atoms with Gasteiger partial charge in [-0.05, 0) is 50.8 Å². The molecule has 1 aliphatic heterocycles. The zero-order valence-corrected chi connectivity index (χ0v) is 27.4. The third kappa shape index (κ3) is 7.22. The number of hydrogen-bond acceptors (Lipinski definition) is 11. The monoisotopic (exact) mass is 667 g/mol. The number of sulfonamides is 1. The smallest absolute Gasteiger partial charge is 0.398 e. The highest BCUT2D eigenvalue weighted by atomic mass is 32.2. The summed E-state index contributed by atoms with van der Waals surface area (Å²) in [5, 5.41) is 15.8. The maximum atomic E-state index is 13.7. The third-order valence-electron chi connectivity index (χ3n) is 8.55. The highest BCUT2D eigenvalue weighted by molar-refractivity contribution is 7.92. The van der Waals surface area contributed by atoms with Gasteiger partial charge in [-0.15, -0.1) is 0 Å². The molecule has 5 heterocycles.